The van der Waals surface area contributed by atoms with Crippen molar-refractivity contribution >= 4 is 0 Å². The van der Waals surface area contributed by atoms with Crippen LogP contribution in [0.3, 0.4) is 0 Å². The van der Waals surface area contributed by atoms with E-state index in [2.05, 4.69) is 0 Å². The molecule has 0 saturated heterocycles. The van der Waals surface area contributed by atoms with Gasteiger partial charge >= 0.3 is 0 Å². The maximum Gasteiger partial charge on any atom is 0.0952 e. The molecule has 0 radical (unpaired) electrons. The zero-order chi connectivity index (χ0) is 14.8. The zero-order valence-corrected chi connectivity index (χ0v) is 13.3. The van der Waals surface area contributed by atoms with Gasteiger partial charge in [-0.2, -0.15) is 0 Å². The van der Waals surface area contributed by atoms with E-state index < -0.39 is 0 Å². The van der Waals surface area contributed by atoms with Gasteiger partial charge in [-0.1, -0.05) is 0 Å². The Balaban J connectivity index is 3.12. The van der Waals surface area contributed by atoms with Crippen molar-refractivity contribution in [1.29, 1.82) is 0 Å². The van der Waals surface area contributed by atoms with Gasteiger partial charge in [0, 0.05) is 13.2 Å². The standard InChI is InChI=1S/C14H30O5/c1-13(2,3)18-16-11-7-9-15-10-8-12-17-19-14(4,5)6/h7-12H2,1-6H3. The molecule has 0 aliphatic rings. The van der Waals surface area contributed by atoms with Crippen LogP contribution in [-0.4, -0.2) is 37.6 Å². The molecule has 0 fully saturated rings. The molecule has 0 amide bonds. The van der Waals surface area contributed by atoms with Crippen LogP contribution >= 0.6 is 0 Å². The summed E-state index contributed by atoms with van der Waals surface area (Å²) in [6.45, 7) is 14.1. The highest BCUT2D eigenvalue weighted by Gasteiger charge is 2.11. The van der Waals surface area contributed by atoms with Gasteiger partial charge in [0.15, 0.2) is 0 Å². The molecule has 19 heavy (non-hydrogen) atoms. The number of hydrogen-bond donors (Lipinski definition) is 0. The first-order valence-corrected chi connectivity index (χ1v) is 6.90. The van der Waals surface area contributed by atoms with E-state index in [1.165, 1.54) is 0 Å². The third-order valence-corrected chi connectivity index (χ3v) is 1.65. The minimum Gasteiger partial charge on any atom is -0.381 e. The molecule has 0 saturated carbocycles. The van der Waals surface area contributed by atoms with E-state index in [4.69, 9.17) is 24.3 Å². The first kappa shape index (κ1) is 18.8. The van der Waals surface area contributed by atoms with Gasteiger partial charge in [0.25, 0.3) is 0 Å². The molecule has 0 atom stereocenters. The van der Waals surface area contributed by atoms with Gasteiger partial charge in [-0.15, -0.1) is 0 Å². The van der Waals surface area contributed by atoms with Gasteiger partial charge in [0.05, 0.1) is 24.4 Å². The van der Waals surface area contributed by atoms with Crippen molar-refractivity contribution < 1.29 is 24.3 Å². The molecule has 0 aliphatic carbocycles. The monoisotopic (exact) mass is 278 g/mol. The van der Waals surface area contributed by atoms with E-state index in [0.29, 0.717) is 26.4 Å². The number of hydrogen-bond acceptors (Lipinski definition) is 5. The fourth-order valence-corrected chi connectivity index (χ4v) is 0.979. The summed E-state index contributed by atoms with van der Waals surface area (Å²) in [6.07, 6.45) is 1.63. The molecule has 0 rings (SSSR count). The van der Waals surface area contributed by atoms with Crippen LogP contribution in [0.4, 0.5) is 0 Å². The van der Waals surface area contributed by atoms with Crippen molar-refractivity contribution in [3.05, 3.63) is 0 Å². The van der Waals surface area contributed by atoms with Crippen LogP contribution in [0, 0.1) is 0 Å². The Labute approximate surface area is 117 Å². The summed E-state index contributed by atoms with van der Waals surface area (Å²) in [5.41, 5.74) is -0.517. The molecule has 0 spiro atoms. The summed E-state index contributed by atoms with van der Waals surface area (Å²) in [7, 11) is 0. The smallest absolute Gasteiger partial charge is 0.0952 e. The molecular formula is C14H30O5. The van der Waals surface area contributed by atoms with Crippen molar-refractivity contribution in [2.45, 2.75) is 65.6 Å². The van der Waals surface area contributed by atoms with Crippen molar-refractivity contribution in [2.24, 2.45) is 0 Å². The highest BCUT2D eigenvalue weighted by atomic mass is 17.2. The number of rotatable bonds is 10. The molecule has 5 heteroatoms. The molecule has 0 aromatic carbocycles. The SMILES string of the molecule is CC(C)(C)OOCCCOCCCOOC(C)(C)C. The van der Waals surface area contributed by atoms with Gasteiger partial charge < -0.3 is 4.74 Å². The number of ether oxygens (including phenoxy) is 1. The maximum atomic E-state index is 5.43. The van der Waals surface area contributed by atoms with E-state index in [9.17, 15) is 0 Å². The predicted octanol–water partition coefficient (Wildman–Crippen LogP) is 3.28. The highest BCUT2D eigenvalue weighted by Crippen LogP contribution is 2.07. The van der Waals surface area contributed by atoms with Crippen LogP contribution in [0.15, 0.2) is 0 Å². The molecule has 116 valence electrons. The van der Waals surface area contributed by atoms with Gasteiger partial charge in [0.2, 0.25) is 0 Å². The van der Waals surface area contributed by atoms with Crippen molar-refractivity contribution in [3.8, 4) is 0 Å². The molecule has 0 aromatic heterocycles. The summed E-state index contributed by atoms with van der Waals surface area (Å²) in [5, 5.41) is 0. The van der Waals surface area contributed by atoms with Crippen LogP contribution in [0.2, 0.25) is 0 Å². The summed E-state index contributed by atoms with van der Waals surface area (Å²) in [5.74, 6) is 0. The lowest BCUT2D eigenvalue weighted by Crippen LogP contribution is -2.20. The lowest BCUT2D eigenvalue weighted by atomic mass is 10.2. The van der Waals surface area contributed by atoms with E-state index in [1.807, 2.05) is 41.5 Å². The molecule has 0 unspecified atom stereocenters. The third kappa shape index (κ3) is 17.8. The van der Waals surface area contributed by atoms with E-state index in [0.717, 1.165) is 12.8 Å². The van der Waals surface area contributed by atoms with Crippen molar-refractivity contribution in [2.75, 3.05) is 26.4 Å². The third-order valence-electron chi connectivity index (χ3n) is 1.65. The minimum atomic E-state index is -0.259. The molecule has 0 N–H and O–H groups in total. The fraction of sp³-hybridized carbons (Fsp3) is 1.00. The molecule has 0 heterocycles. The quantitative estimate of drug-likeness (QED) is 0.348. The molecule has 0 bridgehead atoms. The molecule has 0 aromatic rings. The lowest BCUT2D eigenvalue weighted by molar-refractivity contribution is -0.350. The first-order valence-electron chi connectivity index (χ1n) is 6.90. The second-order valence-corrected chi connectivity index (χ2v) is 6.35. The van der Waals surface area contributed by atoms with E-state index in [-0.39, 0.29) is 11.2 Å². The summed E-state index contributed by atoms with van der Waals surface area (Å²) in [6, 6.07) is 0. The largest absolute Gasteiger partial charge is 0.381 e. The molecular weight excluding hydrogens is 248 g/mol. The van der Waals surface area contributed by atoms with Crippen LogP contribution in [-0.2, 0) is 24.3 Å². The van der Waals surface area contributed by atoms with Crippen LogP contribution in [0.5, 0.6) is 0 Å². The Morgan fingerprint density at radius 3 is 1.26 bits per heavy atom. The van der Waals surface area contributed by atoms with Gasteiger partial charge in [-0.05, 0) is 54.4 Å². The second kappa shape index (κ2) is 9.66. The van der Waals surface area contributed by atoms with Crippen molar-refractivity contribution in [1.82, 2.24) is 0 Å². The Kier molecular flexibility index (Phi) is 9.56. The maximum absolute atomic E-state index is 5.43. The average molecular weight is 278 g/mol. The van der Waals surface area contributed by atoms with Crippen LogP contribution < -0.4 is 0 Å². The Morgan fingerprint density at radius 2 is 0.947 bits per heavy atom. The van der Waals surface area contributed by atoms with Gasteiger partial charge in [-0.3, -0.25) is 0 Å². The minimum absolute atomic E-state index is 0.259. The predicted molar refractivity (Wildman–Crippen MR) is 73.6 cm³/mol. The van der Waals surface area contributed by atoms with Crippen LogP contribution in [0.25, 0.3) is 0 Å². The fourth-order valence-electron chi connectivity index (χ4n) is 0.979. The highest BCUT2D eigenvalue weighted by molar-refractivity contribution is 4.55. The van der Waals surface area contributed by atoms with E-state index >= 15 is 0 Å². The van der Waals surface area contributed by atoms with Crippen molar-refractivity contribution in [3.63, 3.8) is 0 Å². The van der Waals surface area contributed by atoms with Gasteiger partial charge in [0.1, 0.15) is 0 Å². The molecule has 5 nitrogen and oxygen atoms in total. The van der Waals surface area contributed by atoms with E-state index in [1.54, 1.807) is 0 Å². The Morgan fingerprint density at radius 1 is 0.579 bits per heavy atom. The van der Waals surface area contributed by atoms with Crippen LogP contribution in [0.1, 0.15) is 54.4 Å². The average Bonchev–Trinajstić information content (AvgIpc) is 2.22. The normalized spacial score (nSPS) is 12.9. The summed E-state index contributed by atoms with van der Waals surface area (Å²) >= 11 is 0. The Hall–Kier alpha value is -0.200. The Bertz CT molecular complexity index is 183. The second-order valence-electron chi connectivity index (χ2n) is 6.35. The molecule has 0 aliphatic heterocycles. The zero-order valence-electron chi connectivity index (χ0n) is 13.3. The first-order chi connectivity index (χ1) is 8.71. The summed E-state index contributed by atoms with van der Waals surface area (Å²) < 4.78 is 5.43. The lowest BCUT2D eigenvalue weighted by Gasteiger charge is -2.17. The summed E-state index contributed by atoms with van der Waals surface area (Å²) in [4.78, 5) is 20.4. The topological polar surface area (TPSA) is 46.2 Å². The van der Waals surface area contributed by atoms with Gasteiger partial charge in [-0.25, -0.2) is 19.6 Å².